The first-order valence-electron chi connectivity index (χ1n) is 12.1. The summed E-state index contributed by atoms with van der Waals surface area (Å²) < 4.78 is 5.56. The van der Waals surface area contributed by atoms with Gasteiger partial charge in [-0.1, -0.05) is 36.4 Å². The van der Waals surface area contributed by atoms with Gasteiger partial charge in [-0.3, -0.25) is 15.0 Å². The van der Waals surface area contributed by atoms with Crippen LogP contribution >= 0.6 is 0 Å². The summed E-state index contributed by atoms with van der Waals surface area (Å²) in [6, 6.07) is 15.9. The topological polar surface area (TPSA) is 90.9 Å². The Morgan fingerprint density at radius 3 is 2.65 bits per heavy atom. The number of aryl methyl sites for hydroxylation is 1. The Kier molecular flexibility index (Phi) is 4.64. The first-order chi connectivity index (χ1) is 16.3. The van der Waals surface area contributed by atoms with Gasteiger partial charge in [0.05, 0.1) is 12.7 Å². The number of methoxy groups -OCH3 is 1. The van der Waals surface area contributed by atoms with Crippen LogP contribution in [0.25, 0.3) is 0 Å². The van der Waals surface area contributed by atoms with E-state index in [1.54, 1.807) is 7.11 Å². The molecule has 3 amide bonds. The summed E-state index contributed by atoms with van der Waals surface area (Å²) in [5.41, 5.74) is 0.648. The number of hydrogen-bond acceptors (Lipinski definition) is 5. The van der Waals surface area contributed by atoms with Crippen molar-refractivity contribution in [3.8, 4) is 5.75 Å². The Morgan fingerprint density at radius 1 is 1.15 bits per heavy atom. The summed E-state index contributed by atoms with van der Waals surface area (Å²) in [6.07, 6.45) is 2.03. The fourth-order valence-electron chi connectivity index (χ4n) is 7.56. The number of likely N-dealkylation sites (tertiary alicyclic amines) is 1. The van der Waals surface area contributed by atoms with Crippen LogP contribution in [-0.2, 0) is 16.8 Å². The van der Waals surface area contributed by atoms with Gasteiger partial charge in [0, 0.05) is 24.5 Å². The van der Waals surface area contributed by atoms with E-state index in [0.29, 0.717) is 25.2 Å². The Morgan fingerprint density at radius 2 is 1.94 bits per heavy atom. The SMILES string of the molecule is COc1ccc(C)c(C23CC4CN(Cc5ccccc5)C4C2(O)CCC2(C3)NC(=O)NC2=O)c1. The fourth-order valence-corrected chi connectivity index (χ4v) is 7.56. The lowest BCUT2D eigenvalue weighted by Crippen LogP contribution is -2.70. The molecule has 2 aromatic carbocycles. The first-order valence-corrected chi connectivity index (χ1v) is 12.1. The van der Waals surface area contributed by atoms with Crippen molar-refractivity contribution in [3.05, 3.63) is 65.2 Å². The van der Waals surface area contributed by atoms with Gasteiger partial charge in [-0.2, -0.15) is 0 Å². The van der Waals surface area contributed by atoms with Crippen molar-refractivity contribution < 1.29 is 19.4 Å². The average Bonchev–Trinajstić information content (AvgIpc) is 3.19. The zero-order valence-electron chi connectivity index (χ0n) is 19.6. The Bertz CT molecular complexity index is 1170. The number of ether oxygens (including phenoxy) is 1. The molecule has 2 heterocycles. The molecule has 2 aliphatic heterocycles. The Labute approximate surface area is 199 Å². The molecule has 5 unspecified atom stereocenters. The maximum absolute atomic E-state index is 13.0. The van der Waals surface area contributed by atoms with E-state index in [4.69, 9.17) is 4.74 Å². The van der Waals surface area contributed by atoms with Gasteiger partial charge in [0.2, 0.25) is 0 Å². The predicted octanol–water partition coefficient (Wildman–Crippen LogP) is 2.64. The van der Waals surface area contributed by atoms with Crippen molar-refractivity contribution in [2.75, 3.05) is 13.7 Å². The second kappa shape index (κ2) is 7.30. The Balaban J connectivity index is 1.45. The highest BCUT2D eigenvalue weighted by Crippen LogP contribution is 2.65. The number of nitrogens with one attached hydrogen (secondary N) is 2. The van der Waals surface area contributed by atoms with Gasteiger partial charge in [-0.25, -0.2) is 4.79 Å². The van der Waals surface area contributed by atoms with E-state index >= 15 is 0 Å². The average molecular weight is 462 g/mol. The quantitative estimate of drug-likeness (QED) is 0.609. The maximum Gasteiger partial charge on any atom is 0.322 e. The molecule has 0 radical (unpaired) electrons. The molecule has 2 saturated heterocycles. The van der Waals surface area contributed by atoms with Gasteiger partial charge < -0.3 is 15.2 Å². The number of amides is 3. The minimum atomic E-state index is -1.01. The number of imide groups is 1. The summed E-state index contributed by atoms with van der Waals surface area (Å²) in [7, 11) is 1.64. The molecule has 1 spiro atoms. The number of rotatable bonds is 4. The summed E-state index contributed by atoms with van der Waals surface area (Å²) in [5.74, 6) is 0.784. The summed E-state index contributed by atoms with van der Waals surface area (Å²) in [6.45, 7) is 3.76. The number of aliphatic hydroxyl groups is 1. The first kappa shape index (κ1) is 21.6. The number of hydrogen-bond donors (Lipinski definition) is 3. The number of nitrogens with zero attached hydrogens (tertiary/aromatic N) is 1. The third kappa shape index (κ3) is 2.83. The van der Waals surface area contributed by atoms with Crippen molar-refractivity contribution in [2.45, 2.75) is 61.7 Å². The van der Waals surface area contributed by atoms with Crippen LogP contribution in [-0.4, -0.2) is 52.8 Å². The van der Waals surface area contributed by atoms with Crippen LogP contribution in [0.15, 0.2) is 48.5 Å². The zero-order valence-corrected chi connectivity index (χ0v) is 19.6. The molecule has 3 N–H and O–H groups in total. The van der Waals surface area contributed by atoms with Crippen molar-refractivity contribution in [2.24, 2.45) is 5.92 Å². The van der Waals surface area contributed by atoms with E-state index < -0.39 is 22.6 Å². The standard InChI is InChI=1S/C27H31N3O4/c1-17-8-9-20(34-2)12-21(17)25-13-19-15-30(14-18-6-4-3-5-7-18)22(19)27(25,33)11-10-26(16-25)23(31)28-24(32)29-26/h3-9,12,19,22,33H,10-11,13-16H2,1-2H3,(H2,28,29,31,32). The highest BCUT2D eigenvalue weighted by molar-refractivity contribution is 6.07. The predicted molar refractivity (Wildman–Crippen MR) is 126 cm³/mol. The molecule has 6 rings (SSSR count). The van der Waals surface area contributed by atoms with E-state index in [1.807, 2.05) is 36.4 Å². The van der Waals surface area contributed by atoms with E-state index in [9.17, 15) is 14.7 Å². The summed E-state index contributed by atoms with van der Waals surface area (Å²) in [5, 5.41) is 18.0. The van der Waals surface area contributed by atoms with Crippen LogP contribution in [0, 0.1) is 12.8 Å². The van der Waals surface area contributed by atoms with Crippen LogP contribution in [0.5, 0.6) is 5.75 Å². The lowest BCUT2D eigenvalue weighted by atomic mass is 9.55. The fraction of sp³-hybridized carbons (Fsp3) is 0.481. The lowest BCUT2D eigenvalue weighted by Gasteiger charge is -2.57. The zero-order chi connectivity index (χ0) is 23.7. The molecular weight excluding hydrogens is 430 g/mol. The van der Waals surface area contributed by atoms with Gasteiger partial charge in [0.25, 0.3) is 5.91 Å². The molecule has 4 aliphatic rings. The number of carbonyl (C=O) groups is 2. The van der Waals surface area contributed by atoms with Crippen LogP contribution in [0.1, 0.15) is 42.4 Å². The van der Waals surface area contributed by atoms with Crippen LogP contribution in [0.4, 0.5) is 4.79 Å². The van der Waals surface area contributed by atoms with Gasteiger partial charge in [-0.15, -0.1) is 0 Å². The molecule has 0 bridgehead atoms. The van der Waals surface area contributed by atoms with Crippen molar-refractivity contribution >= 4 is 11.9 Å². The highest BCUT2D eigenvalue weighted by Gasteiger charge is 2.73. The van der Waals surface area contributed by atoms with Crippen LogP contribution in [0.3, 0.4) is 0 Å². The lowest BCUT2D eigenvalue weighted by molar-refractivity contribution is -0.149. The molecule has 4 fully saturated rings. The minimum absolute atomic E-state index is 0.0100. The third-order valence-electron chi connectivity index (χ3n) is 8.98. The second-order valence-electron chi connectivity index (χ2n) is 10.7. The van der Waals surface area contributed by atoms with Gasteiger partial charge >= 0.3 is 6.03 Å². The molecule has 178 valence electrons. The van der Waals surface area contributed by atoms with Gasteiger partial charge in [-0.05, 0) is 67.3 Å². The highest BCUT2D eigenvalue weighted by atomic mass is 16.5. The molecule has 0 aromatic heterocycles. The maximum atomic E-state index is 13.0. The van der Waals surface area contributed by atoms with Crippen LogP contribution in [0.2, 0.25) is 0 Å². The van der Waals surface area contributed by atoms with Crippen molar-refractivity contribution in [3.63, 3.8) is 0 Å². The molecule has 2 aliphatic carbocycles. The number of fused-ring (bicyclic) bond motifs is 3. The monoisotopic (exact) mass is 461 g/mol. The van der Waals surface area contributed by atoms with Crippen molar-refractivity contribution in [1.82, 2.24) is 15.5 Å². The van der Waals surface area contributed by atoms with Gasteiger partial charge in [0.15, 0.2) is 0 Å². The number of urea groups is 1. The largest absolute Gasteiger partial charge is 0.497 e. The molecular formula is C27H31N3O4. The second-order valence-corrected chi connectivity index (χ2v) is 10.7. The molecule has 5 atom stereocenters. The Hall–Kier alpha value is -2.90. The van der Waals surface area contributed by atoms with Crippen LogP contribution < -0.4 is 15.4 Å². The molecule has 34 heavy (non-hydrogen) atoms. The minimum Gasteiger partial charge on any atom is -0.497 e. The summed E-state index contributed by atoms with van der Waals surface area (Å²) in [4.78, 5) is 27.6. The van der Waals surface area contributed by atoms with Crippen molar-refractivity contribution in [1.29, 1.82) is 0 Å². The third-order valence-corrected chi connectivity index (χ3v) is 8.98. The van der Waals surface area contributed by atoms with E-state index in [0.717, 1.165) is 36.4 Å². The normalized spacial score (nSPS) is 36.4. The summed E-state index contributed by atoms with van der Waals surface area (Å²) >= 11 is 0. The molecule has 2 saturated carbocycles. The van der Waals surface area contributed by atoms with E-state index in [2.05, 4.69) is 34.6 Å². The number of benzene rings is 2. The molecule has 7 nitrogen and oxygen atoms in total. The molecule has 7 heteroatoms. The molecule has 2 aromatic rings. The number of carbonyl (C=O) groups excluding carboxylic acids is 2. The smallest absolute Gasteiger partial charge is 0.322 e. The van der Waals surface area contributed by atoms with Gasteiger partial charge in [0.1, 0.15) is 11.3 Å². The van der Waals surface area contributed by atoms with E-state index in [-0.39, 0.29) is 11.9 Å². The van der Waals surface area contributed by atoms with E-state index in [1.165, 1.54) is 5.56 Å².